The van der Waals surface area contributed by atoms with E-state index >= 15 is 0 Å². The van der Waals surface area contributed by atoms with E-state index in [9.17, 15) is 0 Å². The number of hydrogen-bond acceptors (Lipinski definition) is 4. The Labute approximate surface area is 290 Å². The summed E-state index contributed by atoms with van der Waals surface area (Å²) in [6, 6.07) is 41.8. The first kappa shape index (κ1) is 29.9. The molecule has 0 aliphatic rings. The van der Waals surface area contributed by atoms with Gasteiger partial charge in [-0.15, -0.1) is 54.1 Å². The molecule has 5 nitrogen and oxygen atoms in total. The normalized spacial score (nSPS) is 11.5. The third kappa shape index (κ3) is 4.68. The minimum absolute atomic E-state index is 0. The average molecular weight is 797 g/mol. The van der Waals surface area contributed by atoms with Crippen LogP contribution >= 0.6 is 0 Å². The molecule has 0 spiro atoms. The Morgan fingerprint density at radius 1 is 0.625 bits per heavy atom. The number of hydrogen-bond donors (Lipinski definition) is 0. The van der Waals surface area contributed by atoms with Crippen LogP contribution in [-0.2, 0) is 20.1 Å². The van der Waals surface area contributed by atoms with E-state index in [0.29, 0.717) is 5.71 Å². The molecule has 1 radical (unpaired) electrons. The fourth-order valence-electron chi connectivity index (χ4n) is 6.61. The van der Waals surface area contributed by atoms with E-state index < -0.39 is 0 Å². The van der Waals surface area contributed by atoms with Gasteiger partial charge in [-0.2, -0.15) is 4.98 Å². The summed E-state index contributed by atoms with van der Waals surface area (Å²) in [6.07, 6.45) is 3.78. The summed E-state index contributed by atoms with van der Waals surface area (Å²) in [5.74, 6) is 0. The third-order valence-electron chi connectivity index (χ3n) is 9.13. The van der Waals surface area contributed by atoms with Crippen molar-refractivity contribution >= 4 is 60.3 Å². The van der Waals surface area contributed by atoms with Crippen molar-refractivity contribution in [1.82, 2.24) is 19.4 Å². The number of fused-ring (bicyclic) bond motifs is 9. The Morgan fingerprint density at radius 2 is 1.42 bits per heavy atom. The van der Waals surface area contributed by atoms with Crippen LogP contribution < -0.4 is 0 Å². The molecule has 10 aromatic rings. The number of rotatable bonds is 2. The summed E-state index contributed by atoms with van der Waals surface area (Å²) in [5.41, 5.74) is 12.0. The Kier molecular flexibility index (Phi) is 7.28. The first-order chi connectivity index (χ1) is 23.0. The molecular weight excluding hydrogens is 769 g/mol. The van der Waals surface area contributed by atoms with Crippen molar-refractivity contribution in [3.63, 3.8) is 0 Å². The van der Waals surface area contributed by atoms with E-state index in [0.717, 1.165) is 49.9 Å². The predicted octanol–water partition coefficient (Wildman–Crippen LogP) is 10.5. The zero-order valence-electron chi connectivity index (χ0n) is 26.5. The molecule has 0 N–H and O–H groups in total. The summed E-state index contributed by atoms with van der Waals surface area (Å²) < 4.78 is 8.70. The van der Waals surface area contributed by atoms with Crippen molar-refractivity contribution in [2.24, 2.45) is 0 Å². The molecule has 6 heteroatoms. The summed E-state index contributed by atoms with van der Waals surface area (Å²) >= 11 is 0. The maximum absolute atomic E-state index is 6.42. The third-order valence-corrected chi connectivity index (χ3v) is 9.13. The van der Waals surface area contributed by atoms with Crippen molar-refractivity contribution in [2.45, 2.75) is 20.8 Å². The van der Waals surface area contributed by atoms with Gasteiger partial charge in [0.15, 0.2) is 0 Å². The minimum Gasteiger partial charge on any atom is -0.486 e. The topological polar surface area (TPSA) is 56.2 Å². The van der Waals surface area contributed by atoms with Crippen LogP contribution in [0.4, 0.5) is 0 Å². The quantitative estimate of drug-likeness (QED) is 0.164. The van der Waals surface area contributed by atoms with Gasteiger partial charge in [0, 0.05) is 59.4 Å². The van der Waals surface area contributed by atoms with Crippen LogP contribution in [0.25, 0.3) is 82.8 Å². The zero-order valence-corrected chi connectivity index (χ0v) is 28.9. The van der Waals surface area contributed by atoms with Crippen LogP contribution in [0.3, 0.4) is 0 Å². The van der Waals surface area contributed by atoms with Crippen molar-refractivity contribution in [3.05, 3.63) is 144 Å². The molecule has 0 bridgehead atoms. The number of nitrogens with zero attached hydrogens (tertiary/aromatic N) is 4. The van der Waals surface area contributed by atoms with E-state index in [4.69, 9.17) is 9.40 Å². The van der Waals surface area contributed by atoms with Crippen molar-refractivity contribution < 1.29 is 24.5 Å². The zero-order chi connectivity index (χ0) is 31.6. The van der Waals surface area contributed by atoms with E-state index in [1.54, 1.807) is 0 Å². The molecule has 48 heavy (non-hydrogen) atoms. The summed E-state index contributed by atoms with van der Waals surface area (Å²) in [6.45, 7) is 6.21. The number of aryl methyl sites for hydroxylation is 3. The molecule has 4 aromatic carbocycles. The number of furan rings is 1. The second-order valence-electron chi connectivity index (χ2n) is 12.1. The number of aromatic nitrogens is 4. The Hall–Kier alpha value is -5.42. The van der Waals surface area contributed by atoms with E-state index in [1.165, 1.54) is 43.9 Å². The maximum Gasteiger partial charge on any atom is 0.218 e. The van der Waals surface area contributed by atoms with Gasteiger partial charge < -0.3 is 14.4 Å². The number of para-hydroxylation sites is 2. The fourth-order valence-corrected chi connectivity index (χ4v) is 6.61. The molecular formula is C42H28IrN4O-2. The van der Waals surface area contributed by atoms with Crippen LogP contribution in [0.5, 0.6) is 0 Å². The molecule has 6 aromatic heterocycles. The van der Waals surface area contributed by atoms with Gasteiger partial charge in [0.25, 0.3) is 0 Å². The second-order valence-corrected chi connectivity index (χ2v) is 12.1. The first-order valence-electron chi connectivity index (χ1n) is 15.7. The molecule has 0 amide bonds. The molecule has 0 saturated heterocycles. The molecule has 0 saturated carbocycles. The summed E-state index contributed by atoms with van der Waals surface area (Å²) in [7, 11) is 0. The van der Waals surface area contributed by atoms with Gasteiger partial charge in [-0.3, -0.25) is 4.40 Å². The molecule has 0 fully saturated rings. The number of benzene rings is 4. The molecule has 6 heterocycles. The van der Waals surface area contributed by atoms with Crippen molar-refractivity contribution in [1.29, 1.82) is 0 Å². The molecule has 0 atom stereocenters. The predicted molar refractivity (Wildman–Crippen MR) is 191 cm³/mol. The van der Waals surface area contributed by atoms with Crippen LogP contribution in [0.2, 0.25) is 0 Å². The Balaban J connectivity index is 0.000000203. The van der Waals surface area contributed by atoms with Gasteiger partial charge in [0.2, 0.25) is 5.71 Å². The molecule has 0 aliphatic carbocycles. The standard InChI is InChI=1S/C30H18N3O.C12H10N.Ir/c1-16-13-25(31-15-17(16)2)22-11-6-10-21-24-14-23-20-9-5-8-19-18-7-3-4-12-26(18)33(27(19)20)29(23)32-30(24)34-28(21)22;1-10-7-8-12(13-9-10)11-5-3-2-4-6-11;/h3-10,12-15H,1-2H3;2-5,7-9H,1H3;/q2*-1;. The summed E-state index contributed by atoms with van der Waals surface area (Å²) in [4.78, 5) is 14.1. The van der Waals surface area contributed by atoms with Crippen LogP contribution in [-0.4, -0.2) is 19.4 Å². The SMILES string of the molecule is Cc1ccc(-c2[c-]cccc2)nc1.Cc1cnc(-c2[c-]ccc3c2oc2nc4c(cc23)c2cccc3c5ccccc5n4c32)cc1C.[Ir]. The van der Waals surface area contributed by atoms with Gasteiger partial charge in [-0.1, -0.05) is 71.1 Å². The van der Waals surface area contributed by atoms with Crippen LogP contribution in [0.1, 0.15) is 16.7 Å². The first-order valence-corrected chi connectivity index (χ1v) is 15.7. The van der Waals surface area contributed by atoms with Gasteiger partial charge in [0.05, 0.1) is 16.6 Å². The Morgan fingerprint density at radius 3 is 2.21 bits per heavy atom. The van der Waals surface area contributed by atoms with Gasteiger partial charge in [0.1, 0.15) is 5.65 Å². The largest absolute Gasteiger partial charge is 0.486 e. The van der Waals surface area contributed by atoms with Gasteiger partial charge in [-0.25, -0.2) is 0 Å². The van der Waals surface area contributed by atoms with Crippen LogP contribution in [0, 0.1) is 32.9 Å². The van der Waals surface area contributed by atoms with Gasteiger partial charge >= 0.3 is 0 Å². The Bertz CT molecular complexity index is 2760. The molecule has 10 rings (SSSR count). The van der Waals surface area contributed by atoms with E-state index in [-0.39, 0.29) is 20.1 Å². The fraction of sp³-hybridized carbons (Fsp3) is 0.0714. The molecule has 0 unspecified atom stereocenters. The number of pyridine rings is 3. The monoisotopic (exact) mass is 797 g/mol. The van der Waals surface area contributed by atoms with Crippen LogP contribution in [0.15, 0.2) is 120 Å². The van der Waals surface area contributed by atoms with Gasteiger partial charge in [-0.05, 0) is 55.4 Å². The molecule has 0 aliphatic heterocycles. The average Bonchev–Trinajstić information content (AvgIpc) is 3.76. The molecule has 233 valence electrons. The second kappa shape index (κ2) is 11.7. The van der Waals surface area contributed by atoms with Crippen molar-refractivity contribution in [2.75, 3.05) is 0 Å². The maximum atomic E-state index is 6.42. The summed E-state index contributed by atoms with van der Waals surface area (Å²) in [5, 5.41) is 6.90. The van der Waals surface area contributed by atoms with E-state index in [2.05, 4.69) is 107 Å². The minimum atomic E-state index is 0. The van der Waals surface area contributed by atoms with E-state index in [1.807, 2.05) is 55.7 Å². The van der Waals surface area contributed by atoms with Crippen molar-refractivity contribution in [3.8, 4) is 22.5 Å². The smallest absolute Gasteiger partial charge is 0.218 e.